The lowest BCUT2D eigenvalue weighted by Gasteiger charge is -2.13. The number of unbranched alkanes of at least 4 members (excludes halogenated alkanes) is 1. The van der Waals surface area contributed by atoms with Gasteiger partial charge in [-0.05, 0) is 30.9 Å². The minimum absolute atomic E-state index is 0.0986. The molecular formula is C16H23NO4. The fraction of sp³-hybridized carbons (Fsp3) is 0.500. The van der Waals surface area contributed by atoms with Crippen LogP contribution >= 0.6 is 0 Å². The third-order valence-electron chi connectivity index (χ3n) is 2.78. The Bertz CT molecular complexity index is 471. The highest BCUT2D eigenvalue weighted by Gasteiger charge is 2.08. The molecule has 0 aliphatic carbocycles. The van der Waals surface area contributed by atoms with Crippen molar-refractivity contribution in [2.24, 2.45) is 5.92 Å². The van der Waals surface area contributed by atoms with Crippen LogP contribution in [0, 0.1) is 5.92 Å². The van der Waals surface area contributed by atoms with E-state index in [0.29, 0.717) is 43.2 Å². The van der Waals surface area contributed by atoms with Crippen molar-refractivity contribution in [1.29, 1.82) is 0 Å². The largest absolute Gasteiger partial charge is 0.491 e. The van der Waals surface area contributed by atoms with E-state index < -0.39 is 5.97 Å². The average molecular weight is 293 g/mol. The number of amides is 1. The molecule has 0 bridgehead atoms. The van der Waals surface area contributed by atoms with Crippen molar-refractivity contribution in [3.63, 3.8) is 0 Å². The molecule has 1 rings (SSSR count). The number of carboxylic acid groups (broad SMARTS) is 1. The number of nitrogens with one attached hydrogen (secondary N) is 1. The molecule has 0 unspecified atom stereocenters. The van der Waals surface area contributed by atoms with E-state index >= 15 is 0 Å². The summed E-state index contributed by atoms with van der Waals surface area (Å²) in [7, 11) is 0. The van der Waals surface area contributed by atoms with Gasteiger partial charge < -0.3 is 15.2 Å². The Morgan fingerprint density at radius 1 is 1.19 bits per heavy atom. The number of para-hydroxylation sites is 2. The first-order valence-electron chi connectivity index (χ1n) is 7.22. The minimum Gasteiger partial charge on any atom is -0.491 e. The van der Waals surface area contributed by atoms with Gasteiger partial charge in [0.1, 0.15) is 5.75 Å². The Labute approximate surface area is 125 Å². The van der Waals surface area contributed by atoms with Crippen molar-refractivity contribution in [2.75, 3.05) is 11.9 Å². The maximum absolute atomic E-state index is 11.8. The van der Waals surface area contributed by atoms with E-state index in [-0.39, 0.29) is 12.3 Å². The zero-order valence-electron chi connectivity index (χ0n) is 12.6. The summed E-state index contributed by atoms with van der Waals surface area (Å²) in [5, 5.41) is 11.3. The molecule has 1 amide bonds. The second-order valence-electron chi connectivity index (χ2n) is 5.35. The summed E-state index contributed by atoms with van der Waals surface area (Å²) >= 11 is 0. The predicted octanol–water partition coefficient (Wildman–Crippen LogP) is 3.30. The van der Waals surface area contributed by atoms with E-state index in [0.717, 1.165) is 0 Å². The molecule has 0 atom stereocenters. The number of hydrogen-bond donors (Lipinski definition) is 2. The summed E-state index contributed by atoms with van der Waals surface area (Å²) in [6.07, 6.45) is 1.48. The average Bonchev–Trinajstić information content (AvgIpc) is 2.42. The zero-order valence-corrected chi connectivity index (χ0v) is 12.6. The highest BCUT2D eigenvalue weighted by Crippen LogP contribution is 2.24. The van der Waals surface area contributed by atoms with Crippen LogP contribution in [0.4, 0.5) is 5.69 Å². The van der Waals surface area contributed by atoms with Crippen LogP contribution < -0.4 is 10.1 Å². The number of carboxylic acids is 1. The molecule has 0 heterocycles. The molecule has 5 nitrogen and oxygen atoms in total. The van der Waals surface area contributed by atoms with Crippen molar-refractivity contribution in [3.05, 3.63) is 24.3 Å². The van der Waals surface area contributed by atoms with Crippen molar-refractivity contribution in [1.82, 2.24) is 0 Å². The van der Waals surface area contributed by atoms with Crippen LogP contribution in [0.3, 0.4) is 0 Å². The van der Waals surface area contributed by atoms with Crippen LogP contribution in [0.5, 0.6) is 5.75 Å². The number of benzene rings is 1. The minimum atomic E-state index is -0.831. The number of hydrogen-bond acceptors (Lipinski definition) is 3. The van der Waals surface area contributed by atoms with Gasteiger partial charge in [0.05, 0.1) is 12.3 Å². The number of anilines is 1. The highest BCUT2D eigenvalue weighted by molar-refractivity contribution is 5.92. The first-order valence-corrected chi connectivity index (χ1v) is 7.22. The van der Waals surface area contributed by atoms with E-state index in [1.165, 1.54) is 0 Å². The number of rotatable bonds is 9. The van der Waals surface area contributed by atoms with E-state index in [9.17, 15) is 9.59 Å². The monoisotopic (exact) mass is 293 g/mol. The van der Waals surface area contributed by atoms with Gasteiger partial charge in [-0.1, -0.05) is 26.0 Å². The molecule has 0 saturated heterocycles. The van der Waals surface area contributed by atoms with Crippen molar-refractivity contribution >= 4 is 17.6 Å². The number of ether oxygens (including phenoxy) is 1. The lowest BCUT2D eigenvalue weighted by Crippen LogP contribution is -2.13. The Morgan fingerprint density at radius 2 is 1.86 bits per heavy atom. The summed E-state index contributed by atoms with van der Waals surface area (Å²) in [6.45, 7) is 4.71. The van der Waals surface area contributed by atoms with Gasteiger partial charge in [0, 0.05) is 12.8 Å². The van der Waals surface area contributed by atoms with E-state index in [1.54, 1.807) is 6.07 Å². The molecule has 0 aliphatic rings. The number of carbonyl (C=O) groups is 2. The molecule has 0 aliphatic heterocycles. The molecule has 116 valence electrons. The SMILES string of the molecule is CC(C)COc1ccccc1NC(=O)CCCCC(=O)O. The standard InChI is InChI=1S/C16H23NO4/c1-12(2)11-21-14-8-4-3-7-13(14)17-15(18)9-5-6-10-16(19)20/h3-4,7-8,12H,5-6,9-11H2,1-2H3,(H,17,18)(H,19,20). The summed E-state index contributed by atoms with van der Waals surface area (Å²) < 4.78 is 5.66. The quantitative estimate of drug-likeness (QED) is 0.685. The molecule has 1 aromatic carbocycles. The van der Waals surface area contributed by atoms with Gasteiger partial charge in [-0.2, -0.15) is 0 Å². The molecule has 0 radical (unpaired) electrons. The topological polar surface area (TPSA) is 75.6 Å². The summed E-state index contributed by atoms with van der Waals surface area (Å²) in [6, 6.07) is 7.31. The number of aliphatic carboxylic acids is 1. The lowest BCUT2D eigenvalue weighted by atomic mass is 10.2. The molecule has 0 aromatic heterocycles. The van der Waals surface area contributed by atoms with Crippen molar-refractivity contribution in [3.8, 4) is 5.75 Å². The smallest absolute Gasteiger partial charge is 0.303 e. The Balaban J connectivity index is 2.46. The van der Waals surface area contributed by atoms with Gasteiger partial charge >= 0.3 is 5.97 Å². The predicted molar refractivity (Wildman–Crippen MR) is 81.5 cm³/mol. The van der Waals surface area contributed by atoms with Crippen LogP contribution in [0.1, 0.15) is 39.5 Å². The summed E-state index contributed by atoms with van der Waals surface area (Å²) in [5.41, 5.74) is 0.654. The molecular weight excluding hydrogens is 270 g/mol. The first kappa shape index (κ1) is 17.0. The molecule has 21 heavy (non-hydrogen) atoms. The molecule has 0 saturated carbocycles. The van der Waals surface area contributed by atoms with Gasteiger partial charge in [0.2, 0.25) is 5.91 Å². The van der Waals surface area contributed by atoms with Crippen LogP contribution in [0.25, 0.3) is 0 Å². The Kier molecular flexibility index (Phi) is 7.29. The van der Waals surface area contributed by atoms with Gasteiger partial charge in [-0.25, -0.2) is 0 Å². The molecule has 5 heteroatoms. The van der Waals surface area contributed by atoms with Crippen LogP contribution in [0.15, 0.2) is 24.3 Å². The fourth-order valence-corrected chi connectivity index (χ4v) is 1.73. The molecule has 1 aromatic rings. The van der Waals surface area contributed by atoms with Crippen LogP contribution in [-0.4, -0.2) is 23.6 Å². The van der Waals surface area contributed by atoms with Crippen molar-refractivity contribution in [2.45, 2.75) is 39.5 Å². The maximum Gasteiger partial charge on any atom is 0.303 e. The normalized spacial score (nSPS) is 10.4. The Morgan fingerprint density at radius 3 is 2.52 bits per heavy atom. The van der Waals surface area contributed by atoms with Crippen LogP contribution in [-0.2, 0) is 9.59 Å². The van der Waals surface area contributed by atoms with Gasteiger partial charge in [0.25, 0.3) is 0 Å². The van der Waals surface area contributed by atoms with Crippen LogP contribution in [0.2, 0.25) is 0 Å². The second-order valence-corrected chi connectivity index (χ2v) is 5.35. The third kappa shape index (κ3) is 7.34. The molecule has 0 spiro atoms. The van der Waals surface area contributed by atoms with E-state index in [1.807, 2.05) is 18.2 Å². The molecule has 0 fully saturated rings. The van der Waals surface area contributed by atoms with Gasteiger partial charge in [-0.15, -0.1) is 0 Å². The Hall–Kier alpha value is -2.04. The van der Waals surface area contributed by atoms with Gasteiger partial charge in [-0.3, -0.25) is 9.59 Å². The highest BCUT2D eigenvalue weighted by atomic mass is 16.5. The van der Waals surface area contributed by atoms with Crippen molar-refractivity contribution < 1.29 is 19.4 Å². The summed E-state index contributed by atoms with van der Waals surface area (Å²) in [5.74, 6) is 0.110. The molecule has 2 N–H and O–H groups in total. The zero-order chi connectivity index (χ0) is 15.7. The van der Waals surface area contributed by atoms with Gasteiger partial charge in [0.15, 0.2) is 0 Å². The summed E-state index contributed by atoms with van der Waals surface area (Å²) in [4.78, 5) is 22.2. The third-order valence-corrected chi connectivity index (χ3v) is 2.78. The number of carbonyl (C=O) groups excluding carboxylic acids is 1. The van der Waals surface area contributed by atoms with E-state index in [4.69, 9.17) is 9.84 Å². The maximum atomic E-state index is 11.8. The fourth-order valence-electron chi connectivity index (χ4n) is 1.73. The lowest BCUT2D eigenvalue weighted by molar-refractivity contribution is -0.137. The second kappa shape index (κ2) is 9.00. The van der Waals surface area contributed by atoms with E-state index in [2.05, 4.69) is 19.2 Å². The first-order chi connectivity index (χ1) is 9.99.